The van der Waals surface area contributed by atoms with E-state index in [0.29, 0.717) is 57.1 Å². The van der Waals surface area contributed by atoms with Crippen LogP contribution in [0, 0.1) is 0 Å². The third kappa shape index (κ3) is 4.37. The number of piperidine rings is 1. The van der Waals surface area contributed by atoms with Crippen LogP contribution in [0.5, 0.6) is 5.75 Å². The van der Waals surface area contributed by atoms with Gasteiger partial charge in [0.25, 0.3) is 11.8 Å². The zero-order valence-corrected chi connectivity index (χ0v) is 20.1. The van der Waals surface area contributed by atoms with Gasteiger partial charge in [-0.25, -0.2) is 4.98 Å². The molecule has 0 saturated carbocycles. The van der Waals surface area contributed by atoms with Gasteiger partial charge < -0.3 is 19.1 Å². The van der Waals surface area contributed by atoms with Gasteiger partial charge in [0.2, 0.25) is 0 Å². The molecule has 9 heteroatoms. The van der Waals surface area contributed by atoms with Gasteiger partial charge in [-0.15, -0.1) is 11.3 Å². The van der Waals surface area contributed by atoms with E-state index in [2.05, 4.69) is 25.8 Å². The summed E-state index contributed by atoms with van der Waals surface area (Å²) in [6.45, 7) is 9.11. The van der Waals surface area contributed by atoms with Gasteiger partial charge in [-0.05, 0) is 23.1 Å². The maximum Gasteiger partial charge on any atom is 0.273 e. The Balaban J connectivity index is 1.30. The van der Waals surface area contributed by atoms with E-state index in [1.165, 1.54) is 11.3 Å². The minimum atomic E-state index is -0.514. The average Bonchev–Trinajstić information content (AvgIpc) is 3.45. The van der Waals surface area contributed by atoms with Crippen molar-refractivity contribution in [3.8, 4) is 5.75 Å². The topological polar surface area (TPSA) is 81.2 Å². The highest BCUT2D eigenvalue weighted by molar-refractivity contribution is 7.09. The quantitative estimate of drug-likeness (QED) is 0.683. The fourth-order valence-electron chi connectivity index (χ4n) is 4.46. The van der Waals surface area contributed by atoms with Gasteiger partial charge in [-0.2, -0.15) is 0 Å². The lowest BCUT2D eigenvalue weighted by molar-refractivity contribution is -0.181. The molecule has 2 aromatic rings. The zero-order chi connectivity index (χ0) is 23.2. The second kappa shape index (κ2) is 8.38. The summed E-state index contributed by atoms with van der Waals surface area (Å²) in [6.07, 6.45) is 1.34. The van der Waals surface area contributed by atoms with E-state index >= 15 is 0 Å². The summed E-state index contributed by atoms with van der Waals surface area (Å²) in [4.78, 5) is 33.8. The first kappa shape index (κ1) is 22.3. The summed E-state index contributed by atoms with van der Waals surface area (Å²) in [7, 11) is 0. The van der Waals surface area contributed by atoms with Gasteiger partial charge in [0.15, 0.2) is 12.4 Å². The van der Waals surface area contributed by atoms with Gasteiger partial charge in [0.1, 0.15) is 16.5 Å². The van der Waals surface area contributed by atoms with Crippen molar-refractivity contribution in [2.75, 3.05) is 37.8 Å². The number of rotatable bonds is 3. The van der Waals surface area contributed by atoms with Crippen molar-refractivity contribution in [2.24, 2.45) is 0 Å². The van der Waals surface area contributed by atoms with Gasteiger partial charge in [-0.1, -0.05) is 26.8 Å². The summed E-state index contributed by atoms with van der Waals surface area (Å²) < 4.78 is 17.1. The SMILES string of the molecule is CC(C)(C)c1ccc2c(c1)N(Cc1nc(C(=O)N3CCC4(CC3)OCCO4)cs1)C(=O)CO2. The lowest BCUT2D eigenvalue weighted by Gasteiger charge is -2.37. The number of nitrogens with zero attached hydrogens (tertiary/aromatic N) is 3. The molecule has 0 unspecified atom stereocenters. The number of carbonyl (C=O) groups is 2. The van der Waals surface area contributed by atoms with Crippen LogP contribution in [0.1, 0.15) is 54.7 Å². The van der Waals surface area contributed by atoms with Crippen LogP contribution in [0.3, 0.4) is 0 Å². The third-order valence-electron chi connectivity index (χ3n) is 6.46. The van der Waals surface area contributed by atoms with Crippen LogP contribution in [0.2, 0.25) is 0 Å². The van der Waals surface area contributed by atoms with E-state index in [-0.39, 0.29) is 23.8 Å². The highest BCUT2D eigenvalue weighted by Crippen LogP contribution is 2.37. The molecular weight excluding hydrogens is 442 g/mol. The molecule has 3 aliphatic heterocycles. The Morgan fingerprint density at radius 2 is 1.91 bits per heavy atom. The van der Waals surface area contributed by atoms with Crippen LogP contribution in [0.25, 0.3) is 0 Å². The molecule has 2 amide bonds. The van der Waals surface area contributed by atoms with Crippen molar-refractivity contribution in [2.45, 2.75) is 51.4 Å². The highest BCUT2D eigenvalue weighted by Gasteiger charge is 2.41. The lowest BCUT2D eigenvalue weighted by Crippen LogP contribution is -2.47. The van der Waals surface area contributed by atoms with Crippen molar-refractivity contribution in [3.05, 3.63) is 39.8 Å². The van der Waals surface area contributed by atoms with Gasteiger partial charge in [0, 0.05) is 31.3 Å². The molecule has 0 atom stereocenters. The number of amides is 2. The number of carbonyl (C=O) groups excluding carboxylic acids is 2. The molecule has 0 bridgehead atoms. The number of hydrogen-bond donors (Lipinski definition) is 0. The Morgan fingerprint density at radius 3 is 2.61 bits per heavy atom. The summed E-state index contributed by atoms with van der Waals surface area (Å²) >= 11 is 1.40. The minimum absolute atomic E-state index is 0.00129. The van der Waals surface area contributed by atoms with Crippen LogP contribution in [0.15, 0.2) is 23.6 Å². The summed E-state index contributed by atoms with van der Waals surface area (Å²) in [5.41, 5.74) is 2.24. The largest absolute Gasteiger partial charge is 0.482 e. The molecule has 176 valence electrons. The molecule has 4 heterocycles. The number of fused-ring (bicyclic) bond motifs is 1. The van der Waals surface area contributed by atoms with Crippen LogP contribution in [0.4, 0.5) is 5.69 Å². The van der Waals surface area contributed by atoms with Crippen molar-refractivity contribution < 1.29 is 23.8 Å². The van der Waals surface area contributed by atoms with E-state index in [0.717, 1.165) is 16.3 Å². The average molecular weight is 472 g/mol. The number of hydrogen-bond acceptors (Lipinski definition) is 7. The third-order valence-corrected chi connectivity index (χ3v) is 7.29. The minimum Gasteiger partial charge on any atom is -0.482 e. The Kier molecular flexibility index (Phi) is 5.66. The molecule has 1 aromatic carbocycles. The number of ether oxygens (including phenoxy) is 3. The second-order valence-electron chi connectivity index (χ2n) is 9.73. The maximum absolute atomic E-state index is 13.0. The van der Waals surface area contributed by atoms with Crippen molar-refractivity contribution in [1.29, 1.82) is 0 Å². The van der Waals surface area contributed by atoms with E-state index < -0.39 is 5.79 Å². The smallest absolute Gasteiger partial charge is 0.273 e. The Morgan fingerprint density at radius 1 is 1.18 bits per heavy atom. The Labute approximate surface area is 197 Å². The molecule has 5 rings (SSSR count). The molecule has 2 saturated heterocycles. The predicted molar refractivity (Wildman–Crippen MR) is 124 cm³/mol. The first-order chi connectivity index (χ1) is 15.7. The zero-order valence-electron chi connectivity index (χ0n) is 19.3. The molecule has 33 heavy (non-hydrogen) atoms. The summed E-state index contributed by atoms with van der Waals surface area (Å²) in [5, 5.41) is 2.50. The molecule has 0 N–H and O–H groups in total. The first-order valence-corrected chi connectivity index (χ1v) is 12.2. The fraction of sp³-hybridized carbons (Fsp3) is 0.542. The Bertz CT molecular complexity index is 1060. The fourth-order valence-corrected chi connectivity index (χ4v) is 5.21. The van der Waals surface area contributed by atoms with Crippen molar-refractivity contribution in [1.82, 2.24) is 9.88 Å². The summed E-state index contributed by atoms with van der Waals surface area (Å²) in [6, 6.07) is 5.98. The lowest BCUT2D eigenvalue weighted by atomic mass is 9.86. The number of thiazole rings is 1. The molecule has 2 fully saturated rings. The second-order valence-corrected chi connectivity index (χ2v) is 10.7. The number of likely N-dealkylation sites (tertiary alicyclic amines) is 1. The molecule has 3 aliphatic rings. The van der Waals surface area contributed by atoms with Gasteiger partial charge >= 0.3 is 0 Å². The molecule has 1 aromatic heterocycles. The van der Waals surface area contributed by atoms with Crippen LogP contribution in [-0.4, -0.2) is 60.4 Å². The molecule has 0 radical (unpaired) electrons. The standard InChI is InChI=1S/C24H29N3O5S/c1-23(2,3)16-4-5-19-18(12-16)27(21(28)14-30-19)13-20-25-17(15-33-20)22(29)26-8-6-24(7-9-26)31-10-11-32-24/h4-5,12,15H,6-11,13-14H2,1-3H3. The number of anilines is 1. The van der Waals surface area contributed by atoms with Crippen molar-refractivity contribution >= 4 is 28.8 Å². The van der Waals surface area contributed by atoms with Gasteiger partial charge in [0.05, 0.1) is 25.4 Å². The molecular formula is C24H29N3O5S. The van der Waals surface area contributed by atoms with Crippen LogP contribution >= 0.6 is 11.3 Å². The predicted octanol–water partition coefficient (Wildman–Crippen LogP) is 3.35. The van der Waals surface area contributed by atoms with E-state index in [9.17, 15) is 9.59 Å². The van der Waals surface area contributed by atoms with E-state index in [1.54, 1.807) is 15.2 Å². The highest BCUT2D eigenvalue weighted by atomic mass is 32.1. The summed E-state index contributed by atoms with van der Waals surface area (Å²) in [5.74, 6) is -0.0299. The van der Waals surface area contributed by atoms with Crippen LogP contribution < -0.4 is 9.64 Å². The van der Waals surface area contributed by atoms with Gasteiger partial charge in [-0.3, -0.25) is 14.5 Å². The molecule has 1 spiro atoms. The first-order valence-electron chi connectivity index (χ1n) is 11.3. The Hall–Kier alpha value is -2.49. The van der Waals surface area contributed by atoms with E-state index in [4.69, 9.17) is 14.2 Å². The number of benzene rings is 1. The monoisotopic (exact) mass is 471 g/mol. The molecule has 8 nitrogen and oxygen atoms in total. The maximum atomic E-state index is 13.0. The van der Waals surface area contributed by atoms with Crippen LogP contribution in [-0.2, 0) is 26.2 Å². The normalized spacial score (nSPS) is 20.2. The molecule has 0 aliphatic carbocycles. The van der Waals surface area contributed by atoms with E-state index in [1.807, 2.05) is 18.2 Å². The van der Waals surface area contributed by atoms with Crippen molar-refractivity contribution in [3.63, 3.8) is 0 Å². The number of aromatic nitrogens is 1.